The number of carbonyl (C=O) groups excluding carboxylic acids is 1. The maximum atomic E-state index is 12.9. The van der Waals surface area contributed by atoms with Gasteiger partial charge in [0, 0.05) is 19.5 Å². The maximum absolute atomic E-state index is 12.9. The second-order valence-electron chi connectivity index (χ2n) is 8.06. The highest BCUT2D eigenvalue weighted by Gasteiger charge is 2.26. The Balaban J connectivity index is 2.04. The summed E-state index contributed by atoms with van der Waals surface area (Å²) in [6.45, 7) is 7.84. The molecule has 0 spiro atoms. The molecule has 0 aliphatic rings. The minimum absolute atomic E-state index is 0.220. The van der Waals surface area contributed by atoms with Crippen molar-refractivity contribution in [3.05, 3.63) is 50.8 Å². The van der Waals surface area contributed by atoms with Gasteiger partial charge in [-0.1, -0.05) is 32.5 Å². The molecule has 1 unspecified atom stereocenters. The Hall–Kier alpha value is -2.88. The van der Waals surface area contributed by atoms with Gasteiger partial charge in [-0.3, -0.25) is 18.7 Å². The van der Waals surface area contributed by atoms with Gasteiger partial charge in [0.05, 0.1) is 18.1 Å². The number of aromatic nitrogens is 4. The van der Waals surface area contributed by atoms with E-state index in [1.807, 2.05) is 20.8 Å². The Morgan fingerprint density at radius 1 is 1.23 bits per heavy atom. The standard InChI is InChI=1S/C20H25N5O4S/c1-11(15(26)21-10-12-8-7-9-29-12)30-16-13-14(22-18(23-16)20(2,3)4)24(5)19(28)25(6)17(13)27/h7-9,11H,10H2,1-6H3,(H,21,26). The van der Waals surface area contributed by atoms with Gasteiger partial charge in [0.15, 0.2) is 5.65 Å². The molecule has 0 aliphatic carbocycles. The molecule has 1 N–H and O–H groups in total. The minimum atomic E-state index is -0.534. The summed E-state index contributed by atoms with van der Waals surface area (Å²) in [6, 6.07) is 3.52. The predicted octanol–water partition coefficient (Wildman–Crippen LogP) is 1.71. The van der Waals surface area contributed by atoms with Crippen LogP contribution in [-0.4, -0.2) is 30.3 Å². The van der Waals surface area contributed by atoms with Gasteiger partial charge in [-0.2, -0.15) is 0 Å². The molecule has 0 saturated carbocycles. The van der Waals surface area contributed by atoms with E-state index in [-0.39, 0.29) is 23.5 Å². The molecule has 3 aromatic rings. The van der Waals surface area contributed by atoms with Crippen molar-refractivity contribution in [1.82, 2.24) is 24.4 Å². The number of fused-ring (bicyclic) bond motifs is 1. The SMILES string of the molecule is CC(Sc1nc(C(C)(C)C)nc2c1c(=O)n(C)c(=O)n2C)C(=O)NCc1ccco1. The van der Waals surface area contributed by atoms with Gasteiger partial charge in [-0.05, 0) is 19.1 Å². The van der Waals surface area contributed by atoms with E-state index in [2.05, 4.69) is 15.3 Å². The molecular weight excluding hydrogens is 406 g/mol. The largest absolute Gasteiger partial charge is 0.467 e. The van der Waals surface area contributed by atoms with Crippen molar-refractivity contribution >= 4 is 28.7 Å². The molecule has 160 valence electrons. The fourth-order valence-electron chi connectivity index (χ4n) is 2.80. The molecule has 9 nitrogen and oxygen atoms in total. The molecule has 1 atom stereocenters. The monoisotopic (exact) mass is 431 g/mol. The van der Waals surface area contributed by atoms with E-state index >= 15 is 0 Å². The van der Waals surface area contributed by atoms with E-state index in [1.54, 1.807) is 32.4 Å². The number of carbonyl (C=O) groups is 1. The van der Waals surface area contributed by atoms with Gasteiger partial charge in [0.25, 0.3) is 5.56 Å². The first-order chi connectivity index (χ1) is 14.0. The average Bonchev–Trinajstić information content (AvgIpc) is 3.21. The summed E-state index contributed by atoms with van der Waals surface area (Å²) in [7, 11) is 2.98. The number of rotatable bonds is 5. The van der Waals surface area contributed by atoms with Gasteiger partial charge < -0.3 is 9.73 Å². The molecule has 0 radical (unpaired) electrons. The molecule has 3 rings (SSSR count). The molecule has 0 aromatic carbocycles. The third-order valence-corrected chi connectivity index (χ3v) is 5.70. The van der Waals surface area contributed by atoms with E-state index in [1.165, 1.54) is 11.6 Å². The first kappa shape index (κ1) is 21.8. The third kappa shape index (κ3) is 4.18. The first-order valence-corrected chi connectivity index (χ1v) is 10.3. The van der Waals surface area contributed by atoms with Crippen LogP contribution >= 0.6 is 11.8 Å². The number of thioether (sulfide) groups is 1. The fraction of sp³-hybridized carbons (Fsp3) is 0.450. The number of furan rings is 1. The summed E-state index contributed by atoms with van der Waals surface area (Å²) in [5, 5.41) is 2.88. The molecule has 30 heavy (non-hydrogen) atoms. The summed E-state index contributed by atoms with van der Waals surface area (Å²) >= 11 is 1.16. The van der Waals surface area contributed by atoms with Crippen molar-refractivity contribution in [1.29, 1.82) is 0 Å². The number of nitrogens with zero attached hydrogens (tertiary/aromatic N) is 4. The Kier molecular flexibility index (Phi) is 5.89. The van der Waals surface area contributed by atoms with Gasteiger partial charge >= 0.3 is 5.69 Å². The van der Waals surface area contributed by atoms with Gasteiger partial charge in [-0.15, -0.1) is 0 Å². The molecule has 3 aromatic heterocycles. The van der Waals surface area contributed by atoms with Crippen molar-refractivity contribution in [2.45, 2.75) is 49.9 Å². The van der Waals surface area contributed by atoms with E-state index in [0.717, 1.165) is 16.3 Å². The maximum Gasteiger partial charge on any atom is 0.332 e. The summed E-state index contributed by atoms with van der Waals surface area (Å²) in [4.78, 5) is 46.9. The highest BCUT2D eigenvalue weighted by molar-refractivity contribution is 8.00. The van der Waals surface area contributed by atoms with Crippen molar-refractivity contribution < 1.29 is 9.21 Å². The zero-order chi connectivity index (χ0) is 22.2. The van der Waals surface area contributed by atoms with Crippen molar-refractivity contribution in [3.8, 4) is 0 Å². The van der Waals surface area contributed by atoms with Crippen molar-refractivity contribution in [2.75, 3.05) is 0 Å². The summed E-state index contributed by atoms with van der Waals surface area (Å²) in [5.41, 5.74) is -1.11. The smallest absolute Gasteiger partial charge is 0.332 e. The van der Waals surface area contributed by atoms with Gasteiger partial charge in [0.2, 0.25) is 5.91 Å². The molecule has 1 amide bonds. The first-order valence-electron chi connectivity index (χ1n) is 9.45. The summed E-state index contributed by atoms with van der Waals surface area (Å²) in [6.07, 6.45) is 1.54. The lowest BCUT2D eigenvalue weighted by Gasteiger charge is -2.20. The number of nitrogens with one attached hydrogen (secondary N) is 1. The van der Waals surface area contributed by atoms with Crippen LogP contribution in [0.15, 0.2) is 37.4 Å². The topological polar surface area (TPSA) is 112 Å². The Labute approximate surface area is 177 Å². The van der Waals surface area contributed by atoms with Crippen LogP contribution in [0.1, 0.15) is 39.3 Å². The van der Waals surface area contributed by atoms with Crippen LogP contribution in [0.4, 0.5) is 0 Å². The third-order valence-electron chi connectivity index (χ3n) is 4.61. The minimum Gasteiger partial charge on any atom is -0.467 e. The van der Waals surface area contributed by atoms with Gasteiger partial charge in [0.1, 0.15) is 22.0 Å². The lowest BCUT2D eigenvalue weighted by molar-refractivity contribution is -0.120. The highest BCUT2D eigenvalue weighted by Crippen LogP contribution is 2.29. The quantitative estimate of drug-likeness (QED) is 0.483. The van der Waals surface area contributed by atoms with Crippen LogP contribution in [0.3, 0.4) is 0 Å². The number of hydrogen-bond acceptors (Lipinski definition) is 7. The van der Waals surface area contributed by atoms with E-state index in [0.29, 0.717) is 16.6 Å². The van der Waals surface area contributed by atoms with Crippen LogP contribution in [0.5, 0.6) is 0 Å². The number of aryl methyl sites for hydroxylation is 1. The Bertz CT molecular complexity index is 1210. The van der Waals surface area contributed by atoms with Crippen LogP contribution in [0.25, 0.3) is 11.0 Å². The van der Waals surface area contributed by atoms with E-state index < -0.39 is 21.9 Å². The molecule has 3 heterocycles. The molecule has 0 saturated heterocycles. The second-order valence-corrected chi connectivity index (χ2v) is 9.39. The summed E-state index contributed by atoms with van der Waals surface area (Å²) < 4.78 is 7.58. The molecule has 0 aliphatic heterocycles. The number of hydrogen-bond donors (Lipinski definition) is 1. The molecule has 0 bridgehead atoms. The van der Waals surface area contributed by atoms with Crippen molar-refractivity contribution in [2.24, 2.45) is 14.1 Å². The van der Waals surface area contributed by atoms with Gasteiger partial charge in [-0.25, -0.2) is 14.8 Å². The van der Waals surface area contributed by atoms with Crippen LogP contribution in [0.2, 0.25) is 0 Å². The van der Waals surface area contributed by atoms with Crippen LogP contribution in [0, 0.1) is 0 Å². The molecule has 10 heteroatoms. The van der Waals surface area contributed by atoms with Crippen LogP contribution < -0.4 is 16.6 Å². The molecular formula is C20H25N5O4S. The zero-order valence-corrected chi connectivity index (χ0v) is 18.7. The zero-order valence-electron chi connectivity index (χ0n) is 17.8. The van der Waals surface area contributed by atoms with E-state index in [9.17, 15) is 14.4 Å². The molecule has 0 fully saturated rings. The summed E-state index contributed by atoms with van der Waals surface area (Å²) in [5.74, 6) is 0.915. The highest BCUT2D eigenvalue weighted by atomic mass is 32.2. The van der Waals surface area contributed by atoms with Crippen LogP contribution in [-0.2, 0) is 30.8 Å². The fourth-order valence-corrected chi connectivity index (χ4v) is 3.76. The van der Waals surface area contributed by atoms with E-state index in [4.69, 9.17) is 4.42 Å². The average molecular weight is 432 g/mol. The Morgan fingerprint density at radius 3 is 2.53 bits per heavy atom. The Morgan fingerprint density at radius 2 is 1.93 bits per heavy atom. The van der Waals surface area contributed by atoms with Crippen molar-refractivity contribution in [3.63, 3.8) is 0 Å². The predicted molar refractivity (Wildman–Crippen MR) is 115 cm³/mol. The lowest BCUT2D eigenvalue weighted by atomic mass is 9.96. The lowest BCUT2D eigenvalue weighted by Crippen LogP contribution is -2.38. The normalized spacial score (nSPS) is 12.9. The number of amides is 1. The second kappa shape index (κ2) is 8.10.